The molecule has 0 aliphatic heterocycles. The zero-order valence-corrected chi connectivity index (χ0v) is 26.5. The first-order chi connectivity index (χ1) is 21.1. The summed E-state index contributed by atoms with van der Waals surface area (Å²) in [4.78, 5) is 28.9. The molecular weight excluding hydrogens is 598 g/mol. The summed E-state index contributed by atoms with van der Waals surface area (Å²) >= 11 is 6.46. The molecule has 1 atom stereocenters. The lowest BCUT2D eigenvalue weighted by molar-refractivity contribution is -0.140. The summed E-state index contributed by atoms with van der Waals surface area (Å²) in [5.74, 6) is 0.243. The molecule has 230 valence electrons. The molecule has 0 heterocycles. The SMILES string of the molecule is CC[C@H](C(=O)NC(C)C)N(Cc1ccccc1Cl)C(=O)CN(c1ccc(Oc2ccccc2)cc1)S(=O)(=O)c1ccccc1. The lowest BCUT2D eigenvalue weighted by Gasteiger charge is -2.33. The number of halogens is 1. The number of sulfonamides is 1. The van der Waals surface area contributed by atoms with E-state index < -0.39 is 28.5 Å². The summed E-state index contributed by atoms with van der Waals surface area (Å²) in [6.07, 6.45) is 0.311. The molecule has 0 radical (unpaired) electrons. The average molecular weight is 634 g/mol. The zero-order chi connectivity index (χ0) is 31.7. The van der Waals surface area contributed by atoms with Crippen molar-refractivity contribution in [3.8, 4) is 11.5 Å². The molecule has 0 aliphatic carbocycles. The van der Waals surface area contributed by atoms with Crippen molar-refractivity contribution in [1.82, 2.24) is 10.2 Å². The Labute approximate surface area is 264 Å². The van der Waals surface area contributed by atoms with Crippen molar-refractivity contribution in [3.63, 3.8) is 0 Å². The molecule has 44 heavy (non-hydrogen) atoms. The number of ether oxygens (including phenoxy) is 1. The van der Waals surface area contributed by atoms with Crippen LogP contribution in [0.1, 0.15) is 32.8 Å². The van der Waals surface area contributed by atoms with Crippen molar-refractivity contribution in [3.05, 3.63) is 120 Å². The Morgan fingerprint density at radius 2 is 1.39 bits per heavy atom. The van der Waals surface area contributed by atoms with Gasteiger partial charge in [0.1, 0.15) is 24.1 Å². The monoisotopic (exact) mass is 633 g/mol. The van der Waals surface area contributed by atoms with Gasteiger partial charge in [-0.15, -0.1) is 0 Å². The van der Waals surface area contributed by atoms with Crippen molar-refractivity contribution in [2.75, 3.05) is 10.8 Å². The number of hydrogen-bond donors (Lipinski definition) is 1. The molecule has 4 aromatic carbocycles. The number of carbonyl (C=O) groups excluding carboxylic acids is 2. The van der Waals surface area contributed by atoms with Crippen LogP contribution in [0, 0.1) is 0 Å². The van der Waals surface area contributed by atoms with Gasteiger partial charge in [0, 0.05) is 17.6 Å². The molecule has 0 saturated heterocycles. The summed E-state index contributed by atoms with van der Waals surface area (Å²) in [5, 5.41) is 3.32. The van der Waals surface area contributed by atoms with Gasteiger partial charge in [-0.1, -0.05) is 73.1 Å². The molecule has 1 N–H and O–H groups in total. The van der Waals surface area contributed by atoms with Gasteiger partial charge in [0.25, 0.3) is 10.0 Å². The van der Waals surface area contributed by atoms with Gasteiger partial charge in [0.05, 0.1) is 10.6 Å². The maximum atomic E-state index is 14.2. The molecule has 0 saturated carbocycles. The van der Waals surface area contributed by atoms with Gasteiger partial charge in [-0.3, -0.25) is 13.9 Å². The average Bonchev–Trinajstić information content (AvgIpc) is 3.01. The van der Waals surface area contributed by atoms with E-state index in [2.05, 4.69) is 5.32 Å². The fraction of sp³-hybridized carbons (Fsp3) is 0.235. The number of nitrogens with zero attached hydrogens (tertiary/aromatic N) is 2. The van der Waals surface area contributed by atoms with Crippen LogP contribution >= 0.6 is 11.6 Å². The van der Waals surface area contributed by atoms with E-state index in [1.54, 1.807) is 73.7 Å². The Bertz CT molecular complexity index is 1650. The van der Waals surface area contributed by atoms with Gasteiger partial charge in [-0.25, -0.2) is 8.42 Å². The van der Waals surface area contributed by atoms with Gasteiger partial charge in [0.15, 0.2) is 0 Å². The molecule has 0 fully saturated rings. The number of carbonyl (C=O) groups is 2. The Morgan fingerprint density at radius 1 is 0.818 bits per heavy atom. The molecule has 10 heteroatoms. The third-order valence-electron chi connectivity index (χ3n) is 6.83. The summed E-state index contributed by atoms with van der Waals surface area (Å²) in [6.45, 7) is 4.95. The topological polar surface area (TPSA) is 96.0 Å². The molecule has 0 aromatic heterocycles. The van der Waals surface area contributed by atoms with Gasteiger partial charge in [-0.2, -0.15) is 0 Å². The van der Waals surface area contributed by atoms with Crippen LogP contribution < -0.4 is 14.4 Å². The number of rotatable bonds is 13. The van der Waals surface area contributed by atoms with Crippen molar-refractivity contribution < 1.29 is 22.7 Å². The van der Waals surface area contributed by atoms with Gasteiger partial charge in [-0.05, 0) is 80.4 Å². The van der Waals surface area contributed by atoms with Crippen LogP contribution in [0.4, 0.5) is 5.69 Å². The van der Waals surface area contributed by atoms with Crippen molar-refractivity contribution >= 4 is 39.1 Å². The standard InChI is InChI=1S/C34H36ClN3O5S/c1-4-32(34(40)36-25(2)3)37(23-26-13-11-12-18-31(26)35)33(39)24-38(44(41,42)30-16-9-6-10-17-30)27-19-21-29(22-20-27)43-28-14-7-5-8-15-28/h5-22,25,32H,4,23-24H2,1-3H3,(H,36,40)/t32-/m1/s1. The fourth-order valence-electron chi connectivity index (χ4n) is 4.66. The highest BCUT2D eigenvalue weighted by molar-refractivity contribution is 7.92. The smallest absolute Gasteiger partial charge is 0.264 e. The van der Waals surface area contributed by atoms with E-state index in [0.29, 0.717) is 28.5 Å². The third kappa shape index (κ3) is 8.18. The number of amides is 2. The van der Waals surface area contributed by atoms with Crippen molar-refractivity contribution in [1.29, 1.82) is 0 Å². The number of anilines is 1. The van der Waals surface area contributed by atoms with Crippen LogP contribution in [0.15, 0.2) is 114 Å². The molecule has 8 nitrogen and oxygen atoms in total. The van der Waals surface area contributed by atoms with E-state index in [1.165, 1.54) is 17.0 Å². The normalized spacial score (nSPS) is 11.9. The largest absolute Gasteiger partial charge is 0.457 e. The van der Waals surface area contributed by atoms with Crippen molar-refractivity contribution in [2.45, 2.75) is 50.7 Å². The Kier molecular flexibility index (Phi) is 11.0. The molecule has 0 bridgehead atoms. The van der Waals surface area contributed by atoms with E-state index in [0.717, 1.165) is 4.31 Å². The first-order valence-electron chi connectivity index (χ1n) is 14.3. The lowest BCUT2D eigenvalue weighted by Crippen LogP contribution is -2.53. The van der Waals surface area contributed by atoms with Crippen LogP contribution in [-0.2, 0) is 26.2 Å². The molecule has 4 aromatic rings. The molecule has 2 amide bonds. The maximum absolute atomic E-state index is 14.2. The second kappa shape index (κ2) is 14.9. The second-order valence-corrected chi connectivity index (χ2v) is 12.7. The van der Waals surface area contributed by atoms with Crippen LogP contribution in [-0.4, -0.2) is 43.8 Å². The molecule has 0 aliphatic rings. The highest BCUT2D eigenvalue weighted by Gasteiger charge is 2.34. The van der Waals surface area contributed by atoms with Crippen LogP contribution in [0.2, 0.25) is 5.02 Å². The van der Waals surface area contributed by atoms with E-state index in [-0.39, 0.29) is 29.1 Å². The maximum Gasteiger partial charge on any atom is 0.264 e. The summed E-state index contributed by atoms with van der Waals surface area (Å²) < 4.78 is 35.0. The Hall–Kier alpha value is -4.34. The number of hydrogen-bond acceptors (Lipinski definition) is 5. The zero-order valence-electron chi connectivity index (χ0n) is 24.9. The minimum Gasteiger partial charge on any atom is -0.457 e. The van der Waals surface area contributed by atoms with Gasteiger partial charge < -0.3 is 15.0 Å². The highest BCUT2D eigenvalue weighted by atomic mass is 35.5. The van der Waals surface area contributed by atoms with E-state index >= 15 is 0 Å². The summed E-state index contributed by atoms with van der Waals surface area (Å²) in [5.41, 5.74) is 0.901. The van der Waals surface area contributed by atoms with Crippen LogP contribution in [0.25, 0.3) is 0 Å². The van der Waals surface area contributed by atoms with E-state index in [1.807, 2.05) is 44.2 Å². The number of nitrogens with one attached hydrogen (secondary N) is 1. The predicted molar refractivity (Wildman–Crippen MR) is 173 cm³/mol. The molecular formula is C34H36ClN3O5S. The quantitative estimate of drug-likeness (QED) is 0.178. The first-order valence-corrected chi connectivity index (χ1v) is 16.2. The second-order valence-electron chi connectivity index (χ2n) is 10.4. The van der Waals surface area contributed by atoms with E-state index in [4.69, 9.17) is 16.3 Å². The van der Waals surface area contributed by atoms with Crippen molar-refractivity contribution in [2.24, 2.45) is 0 Å². The van der Waals surface area contributed by atoms with Crippen LogP contribution in [0.5, 0.6) is 11.5 Å². The summed E-state index contributed by atoms with van der Waals surface area (Å²) in [7, 11) is -4.19. The molecule has 4 rings (SSSR count). The lowest BCUT2D eigenvalue weighted by atomic mass is 10.1. The first kappa shape index (κ1) is 32.6. The summed E-state index contributed by atoms with van der Waals surface area (Å²) in [6, 6.07) is 29.6. The minimum absolute atomic E-state index is 0.0195. The Balaban J connectivity index is 1.72. The Morgan fingerprint density at radius 3 is 1.98 bits per heavy atom. The van der Waals surface area contributed by atoms with Gasteiger partial charge >= 0.3 is 0 Å². The molecule has 0 unspecified atom stereocenters. The highest BCUT2D eigenvalue weighted by Crippen LogP contribution is 2.29. The van der Waals surface area contributed by atoms with Crippen LogP contribution in [0.3, 0.4) is 0 Å². The predicted octanol–water partition coefficient (Wildman–Crippen LogP) is 6.66. The van der Waals surface area contributed by atoms with Gasteiger partial charge in [0.2, 0.25) is 11.8 Å². The fourth-order valence-corrected chi connectivity index (χ4v) is 6.29. The number of para-hydroxylation sites is 1. The minimum atomic E-state index is -4.19. The van der Waals surface area contributed by atoms with E-state index in [9.17, 15) is 18.0 Å². The number of benzene rings is 4. The molecule has 0 spiro atoms. The third-order valence-corrected chi connectivity index (χ3v) is 8.99.